The summed E-state index contributed by atoms with van der Waals surface area (Å²) in [5.41, 5.74) is 0.931. The molecule has 0 saturated carbocycles. The molecule has 1 aliphatic rings. The minimum absolute atomic E-state index is 0.00564. The van der Waals surface area contributed by atoms with Crippen LogP contribution in [0.1, 0.15) is 31.7 Å². The number of benzene rings is 1. The number of methoxy groups -OCH3 is 1. The predicted octanol–water partition coefficient (Wildman–Crippen LogP) is 3.97. The van der Waals surface area contributed by atoms with E-state index in [1.807, 2.05) is 29.2 Å². The number of urea groups is 1. The third-order valence-corrected chi connectivity index (χ3v) is 4.57. The van der Waals surface area contributed by atoms with E-state index in [0.29, 0.717) is 24.2 Å². The van der Waals surface area contributed by atoms with Crippen molar-refractivity contribution in [3.8, 4) is 17.4 Å². The molecule has 6 heteroatoms. The van der Waals surface area contributed by atoms with E-state index < -0.39 is 0 Å². The van der Waals surface area contributed by atoms with Gasteiger partial charge in [-0.25, -0.2) is 9.78 Å². The van der Waals surface area contributed by atoms with Crippen LogP contribution in [-0.2, 0) is 6.54 Å². The number of rotatable bonds is 5. The van der Waals surface area contributed by atoms with Crippen molar-refractivity contribution in [1.29, 1.82) is 0 Å². The maximum absolute atomic E-state index is 12.3. The number of carbonyl (C=O) groups is 1. The number of likely N-dealkylation sites (tertiary alicyclic amines) is 1. The fourth-order valence-corrected chi connectivity index (χ4v) is 3.04. The summed E-state index contributed by atoms with van der Waals surface area (Å²) in [5, 5.41) is 2.97. The SMILES string of the molecule is COc1cccc(Oc2ccc(CNC(=O)N3CCCCC3C)cn2)c1. The Balaban J connectivity index is 1.53. The second kappa shape index (κ2) is 8.56. The quantitative estimate of drug-likeness (QED) is 0.881. The van der Waals surface area contributed by atoms with Crippen LogP contribution in [0.15, 0.2) is 42.6 Å². The lowest BCUT2D eigenvalue weighted by molar-refractivity contribution is 0.158. The Hall–Kier alpha value is -2.76. The Morgan fingerprint density at radius 1 is 1.27 bits per heavy atom. The number of hydrogen-bond acceptors (Lipinski definition) is 4. The van der Waals surface area contributed by atoms with Gasteiger partial charge in [0.2, 0.25) is 5.88 Å². The van der Waals surface area contributed by atoms with Crippen molar-refractivity contribution in [2.45, 2.75) is 38.8 Å². The van der Waals surface area contributed by atoms with E-state index in [4.69, 9.17) is 9.47 Å². The van der Waals surface area contributed by atoms with Crippen molar-refractivity contribution < 1.29 is 14.3 Å². The highest BCUT2D eigenvalue weighted by Gasteiger charge is 2.22. The molecule has 1 unspecified atom stereocenters. The van der Waals surface area contributed by atoms with Crippen molar-refractivity contribution in [3.05, 3.63) is 48.2 Å². The van der Waals surface area contributed by atoms with Crippen LogP contribution in [0.4, 0.5) is 4.79 Å². The van der Waals surface area contributed by atoms with E-state index >= 15 is 0 Å². The molecule has 1 aromatic carbocycles. The summed E-state index contributed by atoms with van der Waals surface area (Å²) in [7, 11) is 1.62. The molecule has 1 aromatic heterocycles. The van der Waals surface area contributed by atoms with Gasteiger partial charge in [0.05, 0.1) is 7.11 Å². The van der Waals surface area contributed by atoms with Crippen LogP contribution < -0.4 is 14.8 Å². The van der Waals surface area contributed by atoms with Crippen LogP contribution in [0.2, 0.25) is 0 Å². The van der Waals surface area contributed by atoms with Crippen LogP contribution in [0.5, 0.6) is 17.4 Å². The first-order valence-corrected chi connectivity index (χ1v) is 8.97. The number of amides is 2. The minimum atomic E-state index is -0.00564. The molecule has 2 heterocycles. The molecule has 2 aromatic rings. The van der Waals surface area contributed by atoms with Crippen molar-refractivity contribution >= 4 is 6.03 Å². The first kappa shape index (κ1) is 18.0. The van der Waals surface area contributed by atoms with Crippen LogP contribution in [0.3, 0.4) is 0 Å². The Kier molecular flexibility index (Phi) is 5.94. The van der Waals surface area contributed by atoms with E-state index in [9.17, 15) is 4.79 Å². The van der Waals surface area contributed by atoms with Gasteiger partial charge in [0.15, 0.2) is 0 Å². The van der Waals surface area contributed by atoms with Gasteiger partial charge in [0.1, 0.15) is 11.5 Å². The minimum Gasteiger partial charge on any atom is -0.497 e. The average molecular weight is 355 g/mol. The normalized spacial score (nSPS) is 16.8. The Bertz CT molecular complexity index is 733. The molecule has 0 aliphatic carbocycles. The van der Waals surface area contributed by atoms with Gasteiger partial charge in [-0.05, 0) is 43.9 Å². The molecule has 26 heavy (non-hydrogen) atoms. The van der Waals surface area contributed by atoms with Crippen LogP contribution in [-0.4, -0.2) is 35.6 Å². The van der Waals surface area contributed by atoms with Crippen molar-refractivity contribution in [2.75, 3.05) is 13.7 Å². The number of nitrogens with one attached hydrogen (secondary N) is 1. The van der Waals surface area contributed by atoms with Gasteiger partial charge in [-0.2, -0.15) is 0 Å². The van der Waals surface area contributed by atoms with Gasteiger partial charge < -0.3 is 19.7 Å². The lowest BCUT2D eigenvalue weighted by Crippen LogP contribution is -2.47. The highest BCUT2D eigenvalue weighted by molar-refractivity contribution is 5.74. The van der Waals surface area contributed by atoms with E-state index in [1.165, 1.54) is 6.42 Å². The summed E-state index contributed by atoms with van der Waals surface area (Å²) in [4.78, 5) is 18.5. The monoisotopic (exact) mass is 355 g/mol. The number of nitrogens with zero attached hydrogens (tertiary/aromatic N) is 2. The summed E-state index contributed by atoms with van der Waals surface area (Å²) >= 11 is 0. The number of pyridine rings is 1. The Labute approximate surface area is 154 Å². The summed E-state index contributed by atoms with van der Waals surface area (Å²) in [6, 6.07) is 11.4. The van der Waals surface area contributed by atoms with Gasteiger partial charge in [0.25, 0.3) is 0 Å². The number of ether oxygens (including phenoxy) is 2. The molecule has 1 atom stereocenters. The van der Waals surface area contributed by atoms with Crippen LogP contribution >= 0.6 is 0 Å². The highest BCUT2D eigenvalue weighted by atomic mass is 16.5. The zero-order chi connectivity index (χ0) is 18.4. The Morgan fingerprint density at radius 2 is 2.12 bits per heavy atom. The lowest BCUT2D eigenvalue weighted by Gasteiger charge is -2.33. The smallest absolute Gasteiger partial charge is 0.317 e. The van der Waals surface area contributed by atoms with E-state index in [0.717, 1.165) is 30.7 Å². The molecular formula is C20H25N3O3. The number of aromatic nitrogens is 1. The second-order valence-corrected chi connectivity index (χ2v) is 6.48. The van der Waals surface area contributed by atoms with Crippen molar-refractivity contribution in [3.63, 3.8) is 0 Å². The first-order valence-electron chi connectivity index (χ1n) is 8.97. The highest BCUT2D eigenvalue weighted by Crippen LogP contribution is 2.23. The maximum atomic E-state index is 12.3. The Morgan fingerprint density at radius 3 is 2.85 bits per heavy atom. The van der Waals surface area contributed by atoms with Gasteiger partial charge in [-0.15, -0.1) is 0 Å². The molecule has 3 rings (SSSR count). The zero-order valence-corrected chi connectivity index (χ0v) is 15.3. The standard InChI is InChI=1S/C20H25N3O3/c1-15-6-3-4-11-23(15)20(24)22-14-16-9-10-19(21-13-16)26-18-8-5-7-17(12-18)25-2/h5,7-10,12-13,15H,3-4,6,11,14H2,1-2H3,(H,22,24). The molecule has 1 N–H and O–H groups in total. The molecule has 6 nitrogen and oxygen atoms in total. The zero-order valence-electron chi connectivity index (χ0n) is 15.3. The van der Waals surface area contributed by atoms with Crippen molar-refractivity contribution in [1.82, 2.24) is 15.2 Å². The maximum Gasteiger partial charge on any atom is 0.317 e. The van der Waals surface area contributed by atoms with E-state index in [1.54, 1.807) is 25.4 Å². The molecular weight excluding hydrogens is 330 g/mol. The van der Waals surface area contributed by atoms with Gasteiger partial charge in [-0.3, -0.25) is 0 Å². The molecule has 138 valence electrons. The van der Waals surface area contributed by atoms with E-state index in [-0.39, 0.29) is 6.03 Å². The predicted molar refractivity (Wildman–Crippen MR) is 99.6 cm³/mol. The van der Waals surface area contributed by atoms with Gasteiger partial charge in [0, 0.05) is 37.5 Å². The fourth-order valence-electron chi connectivity index (χ4n) is 3.04. The number of piperidine rings is 1. The molecule has 2 amide bonds. The third-order valence-electron chi connectivity index (χ3n) is 4.57. The third kappa shape index (κ3) is 4.65. The molecule has 0 radical (unpaired) electrons. The van der Waals surface area contributed by atoms with Gasteiger partial charge >= 0.3 is 6.03 Å². The summed E-state index contributed by atoms with van der Waals surface area (Å²) in [5.74, 6) is 1.89. The topological polar surface area (TPSA) is 63.7 Å². The van der Waals surface area contributed by atoms with Gasteiger partial charge in [-0.1, -0.05) is 12.1 Å². The molecule has 1 aliphatic heterocycles. The molecule has 1 saturated heterocycles. The summed E-state index contributed by atoms with van der Waals surface area (Å²) in [6.07, 6.45) is 5.07. The summed E-state index contributed by atoms with van der Waals surface area (Å²) < 4.78 is 10.9. The summed E-state index contributed by atoms with van der Waals surface area (Å²) in [6.45, 7) is 3.39. The average Bonchev–Trinajstić information content (AvgIpc) is 2.68. The first-order chi connectivity index (χ1) is 12.7. The van der Waals surface area contributed by atoms with E-state index in [2.05, 4.69) is 17.2 Å². The van der Waals surface area contributed by atoms with Crippen LogP contribution in [0.25, 0.3) is 0 Å². The van der Waals surface area contributed by atoms with Crippen LogP contribution in [0, 0.1) is 0 Å². The largest absolute Gasteiger partial charge is 0.497 e. The molecule has 1 fully saturated rings. The molecule has 0 spiro atoms. The second-order valence-electron chi connectivity index (χ2n) is 6.48. The number of hydrogen-bond donors (Lipinski definition) is 1. The fraction of sp³-hybridized carbons (Fsp3) is 0.400. The van der Waals surface area contributed by atoms with Crippen molar-refractivity contribution in [2.24, 2.45) is 0 Å². The lowest BCUT2D eigenvalue weighted by atomic mass is 10.0. The number of carbonyl (C=O) groups excluding carboxylic acids is 1. The molecule has 0 bridgehead atoms.